The second kappa shape index (κ2) is 5.58. The lowest BCUT2D eigenvalue weighted by Gasteiger charge is -2.28. The van der Waals surface area contributed by atoms with Gasteiger partial charge in [0, 0.05) is 12.1 Å². The highest BCUT2D eigenvalue weighted by atomic mass is 19.2. The minimum absolute atomic E-state index is 0.446. The minimum atomic E-state index is -0.743. The van der Waals surface area contributed by atoms with Gasteiger partial charge in [-0.05, 0) is 44.2 Å². The lowest BCUT2D eigenvalue weighted by Crippen LogP contribution is -2.40. The molecule has 0 amide bonds. The summed E-state index contributed by atoms with van der Waals surface area (Å²) in [5, 5.41) is 3.50. The molecule has 17 heavy (non-hydrogen) atoms. The summed E-state index contributed by atoms with van der Waals surface area (Å²) in [4.78, 5) is 0. The zero-order valence-electron chi connectivity index (χ0n) is 10.2. The van der Waals surface area contributed by atoms with Crippen molar-refractivity contribution in [2.75, 3.05) is 0 Å². The maximum Gasteiger partial charge on any atom is 0.162 e. The Morgan fingerprint density at radius 1 is 1.29 bits per heavy atom. The molecule has 1 heterocycles. The van der Waals surface area contributed by atoms with E-state index >= 15 is 0 Å². The molecule has 1 aromatic rings. The Balaban J connectivity index is 1.91. The fourth-order valence-corrected chi connectivity index (χ4v) is 2.54. The third kappa shape index (κ3) is 3.25. The van der Waals surface area contributed by atoms with Crippen LogP contribution < -0.4 is 5.32 Å². The second-order valence-electron chi connectivity index (χ2n) is 4.95. The van der Waals surface area contributed by atoms with Gasteiger partial charge in [0.05, 0.1) is 0 Å². The maximum atomic E-state index is 13.4. The normalized spacial score (nSPS) is 24.9. The van der Waals surface area contributed by atoms with Crippen LogP contribution in [0.25, 0.3) is 0 Å². The number of halogens is 2. The lowest BCUT2D eigenvalue weighted by atomic mass is 9.94. The summed E-state index contributed by atoms with van der Waals surface area (Å²) in [5.41, 5.74) is 0.491. The van der Waals surface area contributed by atoms with Gasteiger partial charge in [0.2, 0.25) is 0 Å². The molecule has 2 atom stereocenters. The molecule has 3 heteroatoms. The Labute approximate surface area is 101 Å². The van der Waals surface area contributed by atoms with Gasteiger partial charge in [0.15, 0.2) is 11.6 Å². The summed E-state index contributed by atoms with van der Waals surface area (Å²) < 4.78 is 26.5. The summed E-state index contributed by atoms with van der Waals surface area (Å²) in [6.07, 6.45) is 5.06. The first-order chi connectivity index (χ1) is 8.16. The highest BCUT2D eigenvalue weighted by molar-refractivity contribution is 5.19. The van der Waals surface area contributed by atoms with Crippen molar-refractivity contribution in [3.63, 3.8) is 0 Å². The monoisotopic (exact) mass is 239 g/mol. The van der Waals surface area contributed by atoms with Gasteiger partial charge in [0.25, 0.3) is 0 Å². The quantitative estimate of drug-likeness (QED) is 0.852. The molecule has 0 aliphatic carbocycles. The molecule has 0 radical (unpaired) electrons. The predicted octanol–water partition coefficient (Wildman–Crippen LogP) is 3.43. The summed E-state index contributed by atoms with van der Waals surface area (Å²) in [6, 6.07) is 5.40. The molecular weight excluding hydrogens is 220 g/mol. The van der Waals surface area contributed by atoms with Crippen molar-refractivity contribution >= 4 is 0 Å². The van der Waals surface area contributed by atoms with Crippen molar-refractivity contribution in [1.29, 1.82) is 0 Å². The van der Waals surface area contributed by atoms with Crippen molar-refractivity contribution in [1.82, 2.24) is 5.32 Å². The molecule has 1 saturated heterocycles. The van der Waals surface area contributed by atoms with Gasteiger partial charge in [-0.3, -0.25) is 0 Å². The van der Waals surface area contributed by atoms with Gasteiger partial charge in [-0.2, -0.15) is 0 Å². The third-order valence-corrected chi connectivity index (χ3v) is 3.50. The molecule has 1 nitrogen and oxygen atoms in total. The van der Waals surface area contributed by atoms with E-state index in [1.807, 2.05) is 0 Å². The molecule has 1 aromatic carbocycles. The van der Waals surface area contributed by atoms with Crippen LogP contribution in [0.4, 0.5) is 8.78 Å². The van der Waals surface area contributed by atoms with Crippen LogP contribution in [-0.2, 0) is 6.42 Å². The topological polar surface area (TPSA) is 12.0 Å². The molecule has 2 unspecified atom stereocenters. The van der Waals surface area contributed by atoms with Crippen molar-refractivity contribution < 1.29 is 8.78 Å². The van der Waals surface area contributed by atoms with E-state index in [1.54, 1.807) is 12.1 Å². The van der Waals surface area contributed by atoms with E-state index in [0.29, 0.717) is 24.1 Å². The van der Waals surface area contributed by atoms with E-state index in [9.17, 15) is 8.78 Å². The first-order valence-electron chi connectivity index (χ1n) is 6.35. The van der Waals surface area contributed by atoms with Crippen molar-refractivity contribution in [2.45, 2.75) is 51.1 Å². The van der Waals surface area contributed by atoms with Crippen LogP contribution in [0.5, 0.6) is 0 Å². The van der Waals surface area contributed by atoms with E-state index in [2.05, 4.69) is 12.2 Å². The predicted molar refractivity (Wildman–Crippen MR) is 64.9 cm³/mol. The van der Waals surface area contributed by atoms with Crippen LogP contribution in [0.15, 0.2) is 18.2 Å². The van der Waals surface area contributed by atoms with E-state index in [-0.39, 0.29) is 0 Å². The Morgan fingerprint density at radius 2 is 2.12 bits per heavy atom. The van der Waals surface area contributed by atoms with E-state index in [4.69, 9.17) is 0 Å². The van der Waals surface area contributed by atoms with Gasteiger partial charge >= 0.3 is 0 Å². The van der Waals surface area contributed by atoms with Gasteiger partial charge in [0.1, 0.15) is 0 Å². The third-order valence-electron chi connectivity index (χ3n) is 3.50. The van der Waals surface area contributed by atoms with E-state index in [0.717, 1.165) is 12.8 Å². The van der Waals surface area contributed by atoms with Gasteiger partial charge in [-0.1, -0.05) is 18.6 Å². The van der Waals surface area contributed by atoms with Crippen LogP contribution in [0, 0.1) is 11.6 Å². The summed E-state index contributed by atoms with van der Waals surface area (Å²) in [5.74, 6) is -1.43. The molecule has 2 rings (SSSR count). The molecule has 0 bridgehead atoms. The zero-order valence-corrected chi connectivity index (χ0v) is 10.2. The molecule has 1 aliphatic heterocycles. The Hall–Kier alpha value is -0.960. The van der Waals surface area contributed by atoms with Crippen molar-refractivity contribution in [3.05, 3.63) is 35.4 Å². The maximum absolute atomic E-state index is 13.4. The van der Waals surface area contributed by atoms with Gasteiger partial charge in [-0.15, -0.1) is 0 Å². The summed E-state index contributed by atoms with van der Waals surface area (Å²) in [6.45, 7) is 2.18. The number of piperidine rings is 1. The number of nitrogens with one attached hydrogen (secondary N) is 1. The van der Waals surface area contributed by atoms with Crippen LogP contribution in [0.1, 0.15) is 38.2 Å². The van der Waals surface area contributed by atoms with Gasteiger partial charge < -0.3 is 5.32 Å². The highest BCUT2D eigenvalue weighted by Gasteiger charge is 2.18. The average molecular weight is 239 g/mol. The first-order valence-corrected chi connectivity index (χ1v) is 6.35. The first kappa shape index (κ1) is 12.5. The molecule has 1 N–H and O–H groups in total. The second-order valence-corrected chi connectivity index (χ2v) is 4.95. The molecule has 0 saturated carbocycles. The lowest BCUT2D eigenvalue weighted by molar-refractivity contribution is 0.321. The molecule has 0 spiro atoms. The molecule has 0 aromatic heterocycles. The number of aryl methyl sites for hydroxylation is 1. The Kier molecular flexibility index (Phi) is 4.11. The molecule has 1 fully saturated rings. The van der Waals surface area contributed by atoms with Crippen LogP contribution >= 0.6 is 0 Å². The standard InChI is InChI=1S/C14H19F2N/c1-10-4-2-6-12(17-10)9-8-11-5-3-7-13(15)14(11)16/h3,5,7,10,12,17H,2,4,6,8-9H2,1H3. The van der Waals surface area contributed by atoms with Crippen LogP contribution in [0.3, 0.4) is 0 Å². The smallest absolute Gasteiger partial charge is 0.162 e. The Bertz CT molecular complexity index is 378. The fraction of sp³-hybridized carbons (Fsp3) is 0.571. The van der Waals surface area contributed by atoms with E-state index < -0.39 is 11.6 Å². The SMILES string of the molecule is CC1CCCC(CCc2cccc(F)c2F)N1. The minimum Gasteiger partial charge on any atom is -0.311 e. The van der Waals surface area contributed by atoms with Crippen molar-refractivity contribution in [3.8, 4) is 0 Å². The Morgan fingerprint density at radius 3 is 2.88 bits per heavy atom. The van der Waals surface area contributed by atoms with Gasteiger partial charge in [-0.25, -0.2) is 8.78 Å². The summed E-state index contributed by atoms with van der Waals surface area (Å²) >= 11 is 0. The molecule has 1 aliphatic rings. The molecular formula is C14H19F2N. The van der Waals surface area contributed by atoms with Crippen LogP contribution in [-0.4, -0.2) is 12.1 Å². The van der Waals surface area contributed by atoms with Crippen LogP contribution in [0.2, 0.25) is 0 Å². The summed E-state index contributed by atoms with van der Waals surface area (Å²) in [7, 11) is 0. The number of benzene rings is 1. The highest BCUT2D eigenvalue weighted by Crippen LogP contribution is 2.19. The largest absolute Gasteiger partial charge is 0.311 e. The van der Waals surface area contributed by atoms with Crippen molar-refractivity contribution in [2.24, 2.45) is 0 Å². The average Bonchev–Trinajstić information content (AvgIpc) is 2.31. The fourth-order valence-electron chi connectivity index (χ4n) is 2.54. The number of rotatable bonds is 3. The number of hydrogen-bond donors (Lipinski definition) is 1. The number of hydrogen-bond acceptors (Lipinski definition) is 1. The zero-order chi connectivity index (χ0) is 12.3. The van der Waals surface area contributed by atoms with E-state index in [1.165, 1.54) is 18.9 Å². The molecule has 94 valence electrons.